The fourth-order valence-electron chi connectivity index (χ4n) is 3.26. The van der Waals surface area contributed by atoms with E-state index in [0.717, 1.165) is 44.2 Å². The lowest BCUT2D eigenvalue weighted by molar-refractivity contribution is 0.171. The summed E-state index contributed by atoms with van der Waals surface area (Å²) in [7, 11) is 0. The molecule has 4 aromatic rings. The average Bonchev–Trinajstić information content (AvgIpc) is 3.18. The number of rotatable bonds is 3. The van der Waals surface area contributed by atoms with Crippen LogP contribution >= 0.6 is 11.3 Å². The summed E-state index contributed by atoms with van der Waals surface area (Å²) in [5.74, 6) is 1.52. The molecule has 134 valence electrons. The Kier molecular flexibility index (Phi) is 3.95. The number of hydrogen-bond donors (Lipinski definition) is 1. The number of nitrogens with zero attached hydrogens (tertiary/aromatic N) is 3. The van der Waals surface area contributed by atoms with Crippen LogP contribution in [0.25, 0.3) is 21.3 Å². The van der Waals surface area contributed by atoms with Crippen molar-refractivity contribution in [1.82, 2.24) is 15.0 Å². The minimum atomic E-state index is -0.428. The van der Waals surface area contributed by atoms with Gasteiger partial charge in [-0.15, -0.1) is 11.3 Å². The van der Waals surface area contributed by atoms with E-state index in [1.54, 1.807) is 23.9 Å². The van der Waals surface area contributed by atoms with E-state index < -0.39 is 6.04 Å². The molecule has 3 aromatic heterocycles. The highest BCUT2D eigenvalue weighted by atomic mass is 32.1. The van der Waals surface area contributed by atoms with Crippen molar-refractivity contribution in [3.63, 3.8) is 0 Å². The molecule has 1 aromatic carbocycles. The maximum absolute atomic E-state index is 6.51. The standard InChI is InChI=1S/C20H16N4O2S/c21-18(14-3-1-2-6-22-14)19-17-13(10-27-20(17)24-11-23-19)12-4-5-15-16(9-12)26-8-7-25-15/h1-6,9-11,18H,7-8,21H2. The van der Waals surface area contributed by atoms with Gasteiger partial charge in [-0.25, -0.2) is 9.97 Å². The number of benzene rings is 1. The normalized spacial score (nSPS) is 14.3. The average molecular weight is 376 g/mol. The molecule has 0 saturated carbocycles. The molecule has 2 N–H and O–H groups in total. The first kappa shape index (κ1) is 16.2. The Bertz CT molecular complexity index is 1110. The Morgan fingerprint density at radius 1 is 1.00 bits per heavy atom. The van der Waals surface area contributed by atoms with Crippen molar-refractivity contribution in [2.24, 2.45) is 5.73 Å². The molecule has 0 fully saturated rings. The van der Waals surface area contributed by atoms with Gasteiger partial charge in [0.15, 0.2) is 11.5 Å². The monoisotopic (exact) mass is 376 g/mol. The minimum absolute atomic E-state index is 0.428. The van der Waals surface area contributed by atoms with E-state index in [1.807, 2.05) is 36.4 Å². The van der Waals surface area contributed by atoms with E-state index in [2.05, 4.69) is 20.3 Å². The third kappa shape index (κ3) is 2.81. The van der Waals surface area contributed by atoms with Crippen LogP contribution < -0.4 is 15.2 Å². The number of thiophene rings is 1. The highest BCUT2D eigenvalue weighted by molar-refractivity contribution is 7.17. The number of pyridine rings is 1. The second kappa shape index (κ2) is 6.61. The maximum atomic E-state index is 6.51. The summed E-state index contributed by atoms with van der Waals surface area (Å²) < 4.78 is 11.4. The predicted molar refractivity (Wildman–Crippen MR) is 104 cm³/mol. The number of nitrogens with two attached hydrogens (primary N) is 1. The maximum Gasteiger partial charge on any atom is 0.161 e. The molecule has 0 radical (unpaired) electrons. The van der Waals surface area contributed by atoms with Gasteiger partial charge < -0.3 is 15.2 Å². The van der Waals surface area contributed by atoms with Gasteiger partial charge in [-0.3, -0.25) is 4.98 Å². The third-order valence-electron chi connectivity index (χ3n) is 4.55. The van der Waals surface area contributed by atoms with Crippen LogP contribution in [0.15, 0.2) is 54.3 Å². The van der Waals surface area contributed by atoms with Crippen molar-refractivity contribution in [2.45, 2.75) is 6.04 Å². The fourth-order valence-corrected chi connectivity index (χ4v) is 4.18. The van der Waals surface area contributed by atoms with Gasteiger partial charge in [-0.05, 0) is 29.8 Å². The molecular formula is C20H16N4O2S. The topological polar surface area (TPSA) is 83.2 Å². The molecule has 1 unspecified atom stereocenters. The Hall–Kier alpha value is -3.03. The zero-order valence-electron chi connectivity index (χ0n) is 14.3. The largest absolute Gasteiger partial charge is 0.486 e. The van der Waals surface area contributed by atoms with E-state index in [9.17, 15) is 0 Å². The SMILES string of the molecule is NC(c1ccccn1)c1ncnc2scc(-c3ccc4c(c3)OCCO4)c12. The summed E-state index contributed by atoms with van der Waals surface area (Å²) in [6.07, 6.45) is 3.30. The van der Waals surface area contributed by atoms with Gasteiger partial charge in [-0.2, -0.15) is 0 Å². The molecule has 0 saturated heterocycles. The summed E-state index contributed by atoms with van der Waals surface area (Å²) in [6.45, 7) is 1.13. The zero-order chi connectivity index (χ0) is 18.2. The quantitative estimate of drug-likeness (QED) is 0.588. The Morgan fingerprint density at radius 3 is 2.74 bits per heavy atom. The first-order chi connectivity index (χ1) is 13.3. The molecule has 0 aliphatic carbocycles. The van der Waals surface area contributed by atoms with Crippen molar-refractivity contribution in [3.05, 3.63) is 65.7 Å². The Balaban J connectivity index is 1.66. The summed E-state index contributed by atoms with van der Waals surface area (Å²) in [4.78, 5) is 14.2. The number of aromatic nitrogens is 3. The van der Waals surface area contributed by atoms with Gasteiger partial charge in [0.1, 0.15) is 24.4 Å². The lowest BCUT2D eigenvalue weighted by Gasteiger charge is -2.19. The van der Waals surface area contributed by atoms with Crippen LogP contribution in [0.3, 0.4) is 0 Å². The van der Waals surface area contributed by atoms with E-state index in [1.165, 1.54) is 0 Å². The molecule has 5 rings (SSSR count). The first-order valence-electron chi connectivity index (χ1n) is 8.60. The Morgan fingerprint density at radius 2 is 1.89 bits per heavy atom. The molecular weight excluding hydrogens is 360 g/mol. The van der Waals surface area contributed by atoms with Crippen LogP contribution in [0.2, 0.25) is 0 Å². The number of ether oxygens (including phenoxy) is 2. The molecule has 27 heavy (non-hydrogen) atoms. The second-order valence-corrected chi connectivity index (χ2v) is 7.04. The molecule has 1 atom stereocenters. The first-order valence-corrected chi connectivity index (χ1v) is 9.48. The Labute approximate surface area is 159 Å². The summed E-state index contributed by atoms with van der Waals surface area (Å²) in [5.41, 5.74) is 10.1. The molecule has 0 spiro atoms. The van der Waals surface area contributed by atoms with Gasteiger partial charge in [0.05, 0.1) is 17.4 Å². The molecule has 7 heteroatoms. The smallest absolute Gasteiger partial charge is 0.161 e. The second-order valence-electron chi connectivity index (χ2n) is 6.18. The van der Waals surface area contributed by atoms with E-state index >= 15 is 0 Å². The van der Waals surface area contributed by atoms with E-state index in [0.29, 0.717) is 13.2 Å². The molecule has 4 heterocycles. The van der Waals surface area contributed by atoms with Crippen molar-refractivity contribution < 1.29 is 9.47 Å². The number of fused-ring (bicyclic) bond motifs is 2. The molecule has 0 amide bonds. The van der Waals surface area contributed by atoms with Crippen LogP contribution in [0.5, 0.6) is 11.5 Å². The van der Waals surface area contributed by atoms with Crippen LogP contribution in [-0.4, -0.2) is 28.2 Å². The molecule has 1 aliphatic heterocycles. The highest BCUT2D eigenvalue weighted by Gasteiger charge is 2.21. The molecule has 0 bridgehead atoms. The third-order valence-corrected chi connectivity index (χ3v) is 5.44. The number of hydrogen-bond acceptors (Lipinski definition) is 7. The summed E-state index contributed by atoms with van der Waals surface area (Å²) in [6, 6.07) is 11.2. The summed E-state index contributed by atoms with van der Waals surface area (Å²) >= 11 is 1.57. The van der Waals surface area contributed by atoms with Gasteiger partial charge >= 0.3 is 0 Å². The van der Waals surface area contributed by atoms with Crippen LogP contribution in [0, 0.1) is 0 Å². The fraction of sp³-hybridized carbons (Fsp3) is 0.150. The lowest BCUT2D eigenvalue weighted by atomic mass is 10.00. The van der Waals surface area contributed by atoms with E-state index in [4.69, 9.17) is 15.2 Å². The van der Waals surface area contributed by atoms with E-state index in [-0.39, 0.29) is 0 Å². The van der Waals surface area contributed by atoms with Crippen LogP contribution in [-0.2, 0) is 0 Å². The van der Waals surface area contributed by atoms with Gasteiger partial charge in [-0.1, -0.05) is 12.1 Å². The minimum Gasteiger partial charge on any atom is -0.486 e. The highest BCUT2D eigenvalue weighted by Crippen LogP contribution is 2.40. The van der Waals surface area contributed by atoms with Gasteiger partial charge in [0.2, 0.25) is 0 Å². The van der Waals surface area contributed by atoms with Crippen molar-refractivity contribution in [2.75, 3.05) is 13.2 Å². The predicted octanol–water partition coefficient (Wildman–Crippen LogP) is 3.57. The van der Waals surface area contributed by atoms with Crippen LogP contribution in [0.1, 0.15) is 17.4 Å². The zero-order valence-corrected chi connectivity index (χ0v) is 15.1. The van der Waals surface area contributed by atoms with Gasteiger partial charge in [0, 0.05) is 22.5 Å². The van der Waals surface area contributed by atoms with Crippen molar-refractivity contribution in [1.29, 1.82) is 0 Å². The summed E-state index contributed by atoms with van der Waals surface area (Å²) in [5, 5.41) is 3.04. The molecule has 1 aliphatic rings. The van der Waals surface area contributed by atoms with Crippen LogP contribution in [0.4, 0.5) is 0 Å². The molecule has 6 nitrogen and oxygen atoms in total. The lowest BCUT2D eigenvalue weighted by Crippen LogP contribution is -2.16. The van der Waals surface area contributed by atoms with Gasteiger partial charge in [0.25, 0.3) is 0 Å². The van der Waals surface area contributed by atoms with Crippen molar-refractivity contribution in [3.8, 4) is 22.6 Å². The van der Waals surface area contributed by atoms with Crippen molar-refractivity contribution >= 4 is 21.6 Å².